The van der Waals surface area contributed by atoms with Gasteiger partial charge in [-0.1, -0.05) is 36.4 Å². The van der Waals surface area contributed by atoms with Crippen LogP contribution in [0.3, 0.4) is 0 Å². The maximum atomic E-state index is 11.3. The molecule has 2 rings (SSSR count). The first kappa shape index (κ1) is 11.1. The van der Waals surface area contributed by atoms with E-state index in [0.717, 1.165) is 12.0 Å². The van der Waals surface area contributed by atoms with E-state index in [9.17, 15) is 8.42 Å². The largest absolute Gasteiger partial charge is 0.224 e. The lowest BCUT2D eigenvalue weighted by Crippen LogP contribution is -1.99. The summed E-state index contributed by atoms with van der Waals surface area (Å²) in [4.78, 5) is 0.381. The van der Waals surface area contributed by atoms with Crippen LogP contribution in [0.4, 0.5) is 0 Å². The highest BCUT2D eigenvalue weighted by atomic mass is 32.2. The molecule has 0 saturated heterocycles. The maximum Gasteiger partial charge on any atom is 0.175 e. The van der Waals surface area contributed by atoms with Crippen LogP contribution in [0.5, 0.6) is 0 Å². The summed E-state index contributed by atoms with van der Waals surface area (Å²) in [6.07, 6.45) is 10.5. The number of rotatable bonds is 2. The van der Waals surface area contributed by atoms with Crippen LogP contribution in [-0.2, 0) is 9.84 Å². The van der Waals surface area contributed by atoms with Crippen molar-refractivity contribution >= 4 is 9.84 Å². The summed E-state index contributed by atoms with van der Waals surface area (Å²) in [7, 11) is -3.08. The number of sulfone groups is 1. The molecule has 1 unspecified atom stereocenters. The molecule has 0 saturated carbocycles. The zero-order chi connectivity index (χ0) is 11.6. The molecular formula is C13H14O2S. The highest BCUT2D eigenvalue weighted by Gasteiger charge is 2.10. The molecule has 84 valence electrons. The van der Waals surface area contributed by atoms with Gasteiger partial charge in [0.05, 0.1) is 4.90 Å². The molecule has 0 fully saturated rings. The Morgan fingerprint density at radius 1 is 1.12 bits per heavy atom. The van der Waals surface area contributed by atoms with E-state index in [2.05, 4.69) is 12.2 Å². The molecule has 3 heteroatoms. The van der Waals surface area contributed by atoms with Crippen molar-refractivity contribution in [2.24, 2.45) is 0 Å². The SMILES string of the molecule is CS(=O)(=O)c1ccc(C2C=CC=CC2)cc1. The van der Waals surface area contributed by atoms with Crippen LogP contribution in [0.1, 0.15) is 17.9 Å². The van der Waals surface area contributed by atoms with Gasteiger partial charge in [-0.05, 0) is 24.1 Å². The van der Waals surface area contributed by atoms with Crippen molar-refractivity contribution in [2.45, 2.75) is 17.2 Å². The number of allylic oxidation sites excluding steroid dienone is 4. The van der Waals surface area contributed by atoms with Gasteiger partial charge in [0.15, 0.2) is 9.84 Å². The lowest BCUT2D eigenvalue weighted by molar-refractivity contribution is 0.602. The van der Waals surface area contributed by atoms with Crippen molar-refractivity contribution in [3.63, 3.8) is 0 Å². The molecule has 0 N–H and O–H groups in total. The molecule has 0 radical (unpaired) electrons. The summed E-state index contributed by atoms with van der Waals surface area (Å²) >= 11 is 0. The molecule has 0 heterocycles. The molecule has 0 amide bonds. The Bertz CT molecular complexity index is 522. The zero-order valence-electron chi connectivity index (χ0n) is 9.13. The van der Waals surface area contributed by atoms with Crippen molar-refractivity contribution in [2.75, 3.05) is 6.26 Å². The normalized spacial score (nSPS) is 19.9. The quantitative estimate of drug-likeness (QED) is 0.788. The molecule has 0 spiro atoms. The molecule has 1 aromatic rings. The van der Waals surface area contributed by atoms with E-state index < -0.39 is 9.84 Å². The summed E-state index contributed by atoms with van der Waals surface area (Å²) < 4.78 is 22.6. The second-order valence-corrected chi connectivity index (χ2v) is 6.01. The fourth-order valence-electron chi connectivity index (χ4n) is 1.79. The zero-order valence-corrected chi connectivity index (χ0v) is 9.94. The molecule has 0 aliphatic heterocycles. The van der Waals surface area contributed by atoms with E-state index in [0.29, 0.717) is 10.8 Å². The minimum atomic E-state index is -3.08. The molecule has 0 aromatic heterocycles. The Labute approximate surface area is 96.2 Å². The highest BCUT2D eigenvalue weighted by molar-refractivity contribution is 7.90. The third-order valence-electron chi connectivity index (χ3n) is 2.72. The smallest absolute Gasteiger partial charge is 0.175 e. The van der Waals surface area contributed by atoms with Gasteiger partial charge in [-0.3, -0.25) is 0 Å². The maximum absolute atomic E-state index is 11.3. The van der Waals surface area contributed by atoms with Gasteiger partial charge in [0.1, 0.15) is 0 Å². The van der Waals surface area contributed by atoms with E-state index in [1.54, 1.807) is 12.1 Å². The minimum Gasteiger partial charge on any atom is -0.224 e. The van der Waals surface area contributed by atoms with Crippen LogP contribution in [-0.4, -0.2) is 14.7 Å². The van der Waals surface area contributed by atoms with Crippen molar-refractivity contribution in [1.82, 2.24) is 0 Å². The average molecular weight is 234 g/mol. The highest BCUT2D eigenvalue weighted by Crippen LogP contribution is 2.25. The molecule has 1 aromatic carbocycles. The lowest BCUT2D eigenvalue weighted by Gasteiger charge is -2.13. The summed E-state index contributed by atoms with van der Waals surface area (Å²) in [6.45, 7) is 0. The van der Waals surface area contributed by atoms with Crippen molar-refractivity contribution in [1.29, 1.82) is 0 Å². The van der Waals surface area contributed by atoms with Gasteiger partial charge in [0.2, 0.25) is 0 Å². The summed E-state index contributed by atoms with van der Waals surface area (Å²) in [5.74, 6) is 0.374. The molecule has 1 aliphatic rings. The van der Waals surface area contributed by atoms with Gasteiger partial charge in [-0.15, -0.1) is 0 Å². The third kappa shape index (κ3) is 2.42. The first-order valence-electron chi connectivity index (χ1n) is 5.21. The molecule has 2 nitrogen and oxygen atoms in total. The van der Waals surface area contributed by atoms with E-state index in [-0.39, 0.29) is 0 Å². The van der Waals surface area contributed by atoms with Gasteiger partial charge in [-0.2, -0.15) is 0 Å². The summed E-state index contributed by atoms with van der Waals surface area (Å²) in [5.41, 5.74) is 1.16. The van der Waals surface area contributed by atoms with Crippen molar-refractivity contribution in [3.8, 4) is 0 Å². The van der Waals surface area contributed by atoms with Crippen LogP contribution in [0.25, 0.3) is 0 Å². The number of hydrogen-bond acceptors (Lipinski definition) is 2. The lowest BCUT2D eigenvalue weighted by atomic mass is 9.93. The predicted octanol–water partition coefficient (Wildman–Crippen LogP) is 2.69. The standard InChI is InChI=1S/C13H14O2S/c1-16(14,15)13-9-7-12(8-10-13)11-5-3-2-4-6-11/h2-5,7-11H,6H2,1H3. The molecule has 0 bridgehead atoms. The van der Waals surface area contributed by atoms with Crippen molar-refractivity contribution < 1.29 is 8.42 Å². The van der Waals surface area contributed by atoms with Crippen LogP contribution >= 0.6 is 0 Å². The molecular weight excluding hydrogens is 220 g/mol. The molecule has 1 atom stereocenters. The molecule has 1 aliphatic carbocycles. The topological polar surface area (TPSA) is 34.1 Å². The Balaban J connectivity index is 2.26. The van der Waals surface area contributed by atoms with E-state index in [4.69, 9.17) is 0 Å². The van der Waals surface area contributed by atoms with Gasteiger partial charge in [-0.25, -0.2) is 8.42 Å². The van der Waals surface area contributed by atoms with Gasteiger partial charge >= 0.3 is 0 Å². The fraction of sp³-hybridized carbons (Fsp3) is 0.231. The van der Waals surface area contributed by atoms with Gasteiger partial charge < -0.3 is 0 Å². The number of benzene rings is 1. The monoisotopic (exact) mass is 234 g/mol. The minimum absolute atomic E-state index is 0.374. The van der Waals surface area contributed by atoms with Crippen molar-refractivity contribution in [3.05, 3.63) is 54.1 Å². The second-order valence-electron chi connectivity index (χ2n) is 4.00. The van der Waals surface area contributed by atoms with Crippen LogP contribution < -0.4 is 0 Å². The summed E-state index contributed by atoms with van der Waals surface area (Å²) in [6, 6.07) is 7.14. The fourth-order valence-corrected chi connectivity index (χ4v) is 2.42. The second kappa shape index (κ2) is 4.26. The summed E-state index contributed by atoms with van der Waals surface area (Å²) in [5, 5.41) is 0. The Morgan fingerprint density at radius 2 is 1.81 bits per heavy atom. The average Bonchev–Trinajstić information content (AvgIpc) is 2.29. The Hall–Kier alpha value is -1.35. The Kier molecular flexibility index (Phi) is 2.97. The van der Waals surface area contributed by atoms with Crippen LogP contribution in [0.15, 0.2) is 53.5 Å². The first-order chi connectivity index (χ1) is 7.57. The van der Waals surface area contributed by atoms with Gasteiger partial charge in [0, 0.05) is 12.2 Å². The van der Waals surface area contributed by atoms with E-state index >= 15 is 0 Å². The van der Waals surface area contributed by atoms with Gasteiger partial charge in [0.25, 0.3) is 0 Å². The Morgan fingerprint density at radius 3 is 2.31 bits per heavy atom. The van der Waals surface area contributed by atoms with Crippen LogP contribution in [0.2, 0.25) is 0 Å². The third-order valence-corrected chi connectivity index (χ3v) is 3.85. The van der Waals surface area contributed by atoms with Crippen LogP contribution in [0, 0.1) is 0 Å². The van der Waals surface area contributed by atoms with E-state index in [1.807, 2.05) is 24.3 Å². The first-order valence-corrected chi connectivity index (χ1v) is 7.10. The molecule has 16 heavy (non-hydrogen) atoms. The van der Waals surface area contributed by atoms with E-state index in [1.165, 1.54) is 6.26 Å². The number of hydrogen-bond donors (Lipinski definition) is 0. The predicted molar refractivity (Wildman–Crippen MR) is 65.2 cm³/mol.